The number of hydrogen-bond donors (Lipinski definition) is 7. The van der Waals surface area contributed by atoms with E-state index in [1.807, 2.05) is 85.8 Å². The van der Waals surface area contributed by atoms with Crippen LogP contribution in [0, 0.1) is 6.92 Å². The van der Waals surface area contributed by atoms with Gasteiger partial charge in [0.15, 0.2) is 12.4 Å². The SMILES string of the molecule is COc1cccc(Nc2c(C(N)=O)cnc3c(C)cc(Sc4cccc(C(=O)Nc5ccc(CCCNC[C@H](OS)c6ccc(O)c7c6OCC(=O)N7)cc5)c4)cc23)c1. The molecule has 0 radical (unpaired) electrons. The van der Waals surface area contributed by atoms with Gasteiger partial charge in [0, 0.05) is 56.5 Å². The maximum atomic E-state index is 13.4. The Bertz CT molecular complexity index is 2540. The molecule has 0 fully saturated rings. The number of phenols is 1. The Labute approximate surface area is 350 Å². The molecule has 13 nitrogen and oxygen atoms in total. The highest BCUT2D eigenvalue weighted by atomic mass is 32.2. The van der Waals surface area contributed by atoms with E-state index in [1.165, 1.54) is 24.0 Å². The number of benzene rings is 5. The highest BCUT2D eigenvalue weighted by Crippen LogP contribution is 2.42. The van der Waals surface area contributed by atoms with Crippen LogP contribution in [0.1, 0.15) is 49.9 Å². The van der Waals surface area contributed by atoms with Crippen molar-refractivity contribution in [3.8, 4) is 17.2 Å². The normalized spacial score (nSPS) is 12.6. The van der Waals surface area contributed by atoms with E-state index in [2.05, 4.69) is 39.2 Å². The van der Waals surface area contributed by atoms with Crippen molar-refractivity contribution in [3.63, 3.8) is 0 Å². The van der Waals surface area contributed by atoms with Gasteiger partial charge in [-0.3, -0.25) is 19.4 Å². The number of methoxy groups -OCH3 is 1. The van der Waals surface area contributed by atoms with Crippen molar-refractivity contribution in [2.45, 2.75) is 35.7 Å². The van der Waals surface area contributed by atoms with Crippen molar-refractivity contribution in [3.05, 3.63) is 131 Å². The summed E-state index contributed by atoms with van der Waals surface area (Å²) in [5.41, 5.74) is 12.2. The van der Waals surface area contributed by atoms with Crippen LogP contribution in [0.15, 0.2) is 113 Å². The van der Waals surface area contributed by atoms with Gasteiger partial charge in [0.25, 0.3) is 17.7 Å². The molecule has 1 aromatic heterocycles. The van der Waals surface area contributed by atoms with Gasteiger partial charge < -0.3 is 45.8 Å². The lowest BCUT2D eigenvalue weighted by Crippen LogP contribution is -2.28. The third-order valence-corrected chi connectivity index (χ3v) is 10.9. The first-order chi connectivity index (χ1) is 28.6. The average Bonchev–Trinajstić information content (AvgIpc) is 3.23. The van der Waals surface area contributed by atoms with Gasteiger partial charge in [0.1, 0.15) is 23.3 Å². The molecule has 3 amide bonds. The van der Waals surface area contributed by atoms with E-state index in [1.54, 1.807) is 19.2 Å². The standard InChI is InChI=1S/C44H42N6O7S2/c1-25-18-32(21-34-39(25)47-22-35(43(45)53)40(34)48-29-8-4-9-30(20-29)55-2)59-31-10-3-7-27(19-31)44(54)49-28-13-11-26(12-14-28)6-5-17-46-23-37(57-58)33-15-16-36(51)41-42(33)56-24-38(52)50-41/h3-4,7-16,18-22,37,46,51,58H,5-6,17,23-24H2,1-2H3,(H2,45,53)(H,47,48)(H,49,54)(H,50,52)/t37-/m0/s1. The number of fused-ring (bicyclic) bond motifs is 2. The predicted octanol–water partition coefficient (Wildman–Crippen LogP) is 7.96. The zero-order valence-electron chi connectivity index (χ0n) is 32.2. The number of aromatic nitrogens is 1. The van der Waals surface area contributed by atoms with Crippen molar-refractivity contribution >= 4 is 76.0 Å². The summed E-state index contributed by atoms with van der Waals surface area (Å²) in [6.07, 6.45) is 2.66. The number of rotatable bonds is 16. The van der Waals surface area contributed by atoms with Crippen LogP contribution in [-0.2, 0) is 15.4 Å². The number of nitrogens with zero attached hydrogens (tertiary/aromatic N) is 1. The maximum absolute atomic E-state index is 13.4. The van der Waals surface area contributed by atoms with Crippen molar-refractivity contribution in [2.75, 3.05) is 42.8 Å². The molecule has 0 saturated carbocycles. The Kier molecular flexibility index (Phi) is 12.9. The zero-order valence-corrected chi connectivity index (χ0v) is 33.9. The molecule has 0 bridgehead atoms. The number of hydrogen-bond acceptors (Lipinski definition) is 12. The minimum atomic E-state index is -0.603. The highest BCUT2D eigenvalue weighted by Gasteiger charge is 2.27. The van der Waals surface area contributed by atoms with Crippen LogP contribution in [0.25, 0.3) is 10.9 Å². The molecule has 6 aromatic rings. The van der Waals surface area contributed by atoms with Crippen LogP contribution in [0.5, 0.6) is 17.2 Å². The zero-order chi connectivity index (χ0) is 41.5. The average molecular weight is 831 g/mol. The first kappa shape index (κ1) is 40.9. The second-order valence-electron chi connectivity index (χ2n) is 13.8. The lowest BCUT2D eigenvalue weighted by atomic mass is 10.0. The number of phenolic OH excluding ortho intramolecular Hbond substituents is 1. The number of amides is 3. The fraction of sp³-hybridized carbons (Fsp3) is 0.182. The monoisotopic (exact) mass is 830 g/mol. The number of anilines is 4. The van der Waals surface area contributed by atoms with Gasteiger partial charge in [-0.2, -0.15) is 0 Å². The summed E-state index contributed by atoms with van der Waals surface area (Å²) in [6, 6.07) is 29.8. The van der Waals surface area contributed by atoms with Gasteiger partial charge in [0.05, 0.1) is 23.9 Å². The van der Waals surface area contributed by atoms with Gasteiger partial charge in [-0.05, 0) is 117 Å². The molecule has 2 heterocycles. The van der Waals surface area contributed by atoms with E-state index in [0.717, 1.165) is 50.3 Å². The van der Waals surface area contributed by atoms with Crippen molar-refractivity contribution in [1.82, 2.24) is 10.3 Å². The number of nitrogens with two attached hydrogens (primary N) is 1. The third-order valence-electron chi connectivity index (χ3n) is 9.68. The largest absolute Gasteiger partial charge is 0.506 e. The van der Waals surface area contributed by atoms with Crippen LogP contribution in [0.3, 0.4) is 0 Å². The topological polar surface area (TPSA) is 186 Å². The van der Waals surface area contributed by atoms with Crippen LogP contribution in [0.4, 0.5) is 22.7 Å². The first-order valence-corrected chi connectivity index (χ1v) is 19.9. The highest BCUT2D eigenvalue weighted by molar-refractivity contribution is 7.99. The summed E-state index contributed by atoms with van der Waals surface area (Å²) in [6.45, 7) is 2.95. The predicted molar refractivity (Wildman–Crippen MR) is 232 cm³/mol. The van der Waals surface area contributed by atoms with E-state index < -0.39 is 12.0 Å². The minimum absolute atomic E-state index is 0.0819. The molecule has 59 heavy (non-hydrogen) atoms. The lowest BCUT2D eigenvalue weighted by Gasteiger charge is -2.25. The maximum Gasteiger partial charge on any atom is 0.262 e. The number of aryl methyl sites for hydroxylation is 2. The molecule has 15 heteroatoms. The molecular weight excluding hydrogens is 789 g/mol. The van der Waals surface area contributed by atoms with Gasteiger partial charge >= 0.3 is 0 Å². The van der Waals surface area contributed by atoms with Gasteiger partial charge in [-0.15, -0.1) is 0 Å². The van der Waals surface area contributed by atoms with Crippen molar-refractivity contribution in [1.29, 1.82) is 0 Å². The Morgan fingerprint density at radius 3 is 2.61 bits per heavy atom. The first-order valence-electron chi connectivity index (χ1n) is 18.7. The number of ether oxygens (including phenoxy) is 2. The number of carbonyl (C=O) groups is 3. The third kappa shape index (κ3) is 9.72. The van der Waals surface area contributed by atoms with Crippen molar-refractivity contribution < 1.29 is 33.1 Å². The van der Waals surface area contributed by atoms with Crippen LogP contribution in [-0.4, -0.2) is 54.6 Å². The van der Waals surface area contributed by atoms with Crippen LogP contribution in [0.2, 0.25) is 0 Å². The molecule has 7 rings (SSSR count). The van der Waals surface area contributed by atoms with Gasteiger partial charge in [-0.25, -0.2) is 0 Å². The molecule has 5 aromatic carbocycles. The van der Waals surface area contributed by atoms with E-state index >= 15 is 0 Å². The molecule has 7 N–H and O–H groups in total. The molecule has 0 spiro atoms. The van der Waals surface area contributed by atoms with E-state index in [-0.39, 0.29) is 35.4 Å². The molecule has 1 aliphatic heterocycles. The summed E-state index contributed by atoms with van der Waals surface area (Å²) in [5, 5.41) is 23.3. The fourth-order valence-corrected chi connectivity index (χ4v) is 7.96. The lowest BCUT2D eigenvalue weighted by molar-refractivity contribution is -0.118. The Morgan fingerprint density at radius 2 is 1.83 bits per heavy atom. The quantitative estimate of drug-likeness (QED) is 0.0217. The summed E-state index contributed by atoms with van der Waals surface area (Å²) in [7, 11) is 1.59. The fourth-order valence-electron chi connectivity index (χ4n) is 6.75. The van der Waals surface area contributed by atoms with Crippen LogP contribution < -0.4 is 36.5 Å². The molecule has 1 aliphatic rings. The van der Waals surface area contributed by atoms with E-state index in [4.69, 9.17) is 19.4 Å². The van der Waals surface area contributed by atoms with E-state index in [9.17, 15) is 19.5 Å². The molecule has 302 valence electrons. The number of aromatic hydroxyl groups is 1. The second-order valence-corrected chi connectivity index (χ2v) is 15.2. The minimum Gasteiger partial charge on any atom is -0.506 e. The second kappa shape index (κ2) is 18.6. The summed E-state index contributed by atoms with van der Waals surface area (Å²) < 4.78 is 16.4. The molecule has 1 atom stereocenters. The molecule has 0 saturated heterocycles. The summed E-state index contributed by atoms with van der Waals surface area (Å²) in [4.78, 5) is 44.0. The van der Waals surface area contributed by atoms with Crippen molar-refractivity contribution in [2.24, 2.45) is 5.73 Å². The van der Waals surface area contributed by atoms with Gasteiger partial charge in [0.2, 0.25) is 0 Å². The van der Waals surface area contributed by atoms with E-state index in [0.29, 0.717) is 47.1 Å². The number of nitrogens with one attached hydrogen (secondary N) is 4. The summed E-state index contributed by atoms with van der Waals surface area (Å²) >= 11 is 5.54. The molecular formula is C44H42N6O7S2. The molecule has 0 aliphatic carbocycles. The Hall–Kier alpha value is -6.26. The Morgan fingerprint density at radius 1 is 1.02 bits per heavy atom. The number of pyridine rings is 1. The van der Waals surface area contributed by atoms with Crippen LogP contribution >= 0.6 is 24.7 Å². The number of thiol groups is 1. The number of carbonyl (C=O) groups excluding carboxylic acids is 3. The molecule has 0 unspecified atom stereocenters. The number of primary amides is 1. The van der Waals surface area contributed by atoms with Gasteiger partial charge in [-0.1, -0.05) is 36.0 Å². The Balaban J connectivity index is 0.953. The summed E-state index contributed by atoms with van der Waals surface area (Å²) in [5.74, 6) is -0.225. The smallest absolute Gasteiger partial charge is 0.262 e.